The molecule has 3 aliphatic heterocycles. The van der Waals surface area contributed by atoms with E-state index >= 15 is 0 Å². The van der Waals surface area contributed by atoms with Crippen molar-refractivity contribution in [1.82, 2.24) is 0 Å². The number of fused-ring (bicyclic) bond motifs is 1. The number of aliphatic hydroxyl groups excluding tert-OH is 7. The van der Waals surface area contributed by atoms with Crippen LogP contribution in [0.5, 0.6) is 23.0 Å². The molecule has 2 saturated heterocycles. The molecule has 224 valence electrons. The normalized spacial score (nSPS) is 37.0. The number of rotatable bonds is 6. The summed E-state index contributed by atoms with van der Waals surface area (Å²) in [6, 6.07) is 8.38. The maximum atomic E-state index is 10.5. The number of benzene rings is 2. The van der Waals surface area contributed by atoms with E-state index in [-0.39, 0.29) is 34.3 Å². The maximum absolute atomic E-state index is 10.5. The van der Waals surface area contributed by atoms with E-state index in [1.807, 2.05) is 0 Å². The molecule has 2 aromatic carbocycles. The van der Waals surface area contributed by atoms with Crippen LogP contribution in [-0.2, 0) is 14.2 Å². The fraction of sp³-hybridized carbons (Fsp3) is 0.481. The molecule has 2 fully saturated rings. The minimum absolute atomic E-state index is 0.0127. The van der Waals surface area contributed by atoms with Crippen molar-refractivity contribution in [3.63, 3.8) is 0 Å². The standard InChI is InChI=1S/C27H32O14/c1-10-19(31)21(33)23(35)26(37-10)40-17-8-14-15(38-25(17)11-2-4-12(29)5-3-11)6-13(30)7-16(14)39-27-24(36)22(34)20(32)18(9-28)41-27/h2-8,10,18-36H,9H2,1H3. The molecule has 0 radical (unpaired) electrons. The van der Waals surface area contributed by atoms with Gasteiger partial charge in [-0.25, -0.2) is 0 Å². The lowest BCUT2D eigenvalue weighted by Crippen LogP contribution is -2.60. The second kappa shape index (κ2) is 11.6. The molecule has 9 N–H and O–H groups in total. The summed E-state index contributed by atoms with van der Waals surface area (Å²) in [4.78, 5) is 0. The Hall–Kier alpha value is -3.18. The smallest absolute Gasteiger partial charge is 0.229 e. The van der Waals surface area contributed by atoms with Crippen LogP contribution in [0.15, 0.2) is 42.2 Å². The second-order valence-electron chi connectivity index (χ2n) is 10.1. The molecule has 11 atom stereocenters. The fourth-order valence-corrected chi connectivity index (χ4v) is 4.84. The lowest BCUT2D eigenvalue weighted by molar-refractivity contribution is -0.285. The van der Waals surface area contributed by atoms with E-state index in [4.69, 9.17) is 23.7 Å². The third-order valence-electron chi connectivity index (χ3n) is 7.23. The van der Waals surface area contributed by atoms with Gasteiger partial charge < -0.3 is 69.6 Å². The van der Waals surface area contributed by atoms with Crippen molar-refractivity contribution in [2.45, 2.75) is 74.4 Å². The summed E-state index contributed by atoms with van der Waals surface area (Å²) < 4.78 is 28.9. The topological polar surface area (TPSA) is 228 Å². The molecular formula is C27H32O14. The van der Waals surface area contributed by atoms with Gasteiger partial charge in [-0.05, 0) is 25.1 Å². The van der Waals surface area contributed by atoms with Crippen molar-refractivity contribution in [1.29, 1.82) is 0 Å². The summed E-state index contributed by atoms with van der Waals surface area (Å²) in [5.41, 5.74) is 0.655. The molecule has 0 aromatic heterocycles. The van der Waals surface area contributed by atoms with E-state index in [1.165, 1.54) is 37.3 Å². The van der Waals surface area contributed by atoms with Crippen molar-refractivity contribution in [2.75, 3.05) is 6.61 Å². The third kappa shape index (κ3) is 5.66. The molecule has 11 unspecified atom stereocenters. The van der Waals surface area contributed by atoms with Crippen molar-refractivity contribution in [3.8, 4) is 23.0 Å². The number of aromatic hydroxyl groups is 2. The molecular weight excluding hydrogens is 548 g/mol. The van der Waals surface area contributed by atoms with Crippen LogP contribution < -0.4 is 9.47 Å². The van der Waals surface area contributed by atoms with Crippen molar-refractivity contribution < 1.29 is 69.6 Å². The van der Waals surface area contributed by atoms with Crippen molar-refractivity contribution in [2.24, 2.45) is 0 Å². The number of phenols is 2. The highest BCUT2D eigenvalue weighted by atomic mass is 16.7. The molecule has 0 amide bonds. The first kappa shape index (κ1) is 29.3. The summed E-state index contributed by atoms with van der Waals surface area (Å²) in [7, 11) is 0. The van der Waals surface area contributed by atoms with E-state index in [0.29, 0.717) is 5.56 Å². The van der Waals surface area contributed by atoms with E-state index in [9.17, 15) is 46.0 Å². The van der Waals surface area contributed by atoms with Gasteiger partial charge in [-0.3, -0.25) is 0 Å². The number of ether oxygens (including phenoxy) is 5. The second-order valence-corrected chi connectivity index (χ2v) is 10.1. The molecule has 14 nitrogen and oxygen atoms in total. The Bertz CT molecular complexity index is 1250. The highest BCUT2D eigenvalue weighted by Crippen LogP contribution is 2.45. The van der Waals surface area contributed by atoms with Gasteiger partial charge in [0.25, 0.3) is 0 Å². The summed E-state index contributed by atoms with van der Waals surface area (Å²) >= 11 is 0. The quantitative estimate of drug-likeness (QED) is 0.191. The lowest BCUT2D eigenvalue weighted by Gasteiger charge is -2.41. The maximum Gasteiger partial charge on any atom is 0.229 e. The molecule has 14 heteroatoms. The number of hydrogen-bond acceptors (Lipinski definition) is 14. The molecule has 0 saturated carbocycles. The minimum atomic E-state index is -1.74. The average molecular weight is 581 g/mol. The summed E-state index contributed by atoms with van der Waals surface area (Å²) in [5.74, 6) is -0.302. The van der Waals surface area contributed by atoms with E-state index in [0.717, 1.165) is 0 Å². The first-order chi connectivity index (χ1) is 19.5. The van der Waals surface area contributed by atoms with Gasteiger partial charge in [0.1, 0.15) is 71.5 Å². The summed E-state index contributed by atoms with van der Waals surface area (Å²) in [6.45, 7) is 0.810. The zero-order chi connectivity index (χ0) is 29.6. The Morgan fingerprint density at radius 2 is 1.37 bits per heavy atom. The Labute approximate surface area is 233 Å². The number of hydrogen-bond donors (Lipinski definition) is 9. The van der Waals surface area contributed by atoms with Gasteiger partial charge in [0.15, 0.2) is 6.10 Å². The van der Waals surface area contributed by atoms with Gasteiger partial charge in [0.2, 0.25) is 12.6 Å². The molecule has 5 rings (SSSR count). The lowest BCUT2D eigenvalue weighted by atomic mass is 9.98. The van der Waals surface area contributed by atoms with Crippen LogP contribution in [0.1, 0.15) is 24.2 Å². The van der Waals surface area contributed by atoms with E-state index in [2.05, 4.69) is 0 Å². The summed E-state index contributed by atoms with van der Waals surface area (Å²) in [5, 5.41) is 91.2. The molecule has 2 aromatic rings. The monoisotopic (exact) mass is 580 g/mol. The van der Waals surface area contributed by atoms with Crippen LogP contribution in [0.3, 0.4) is 0 Å². The van der Waals surface area contributed by atoms with Gasteiger partial charge in [-0.1, -0.05) is 12.1 Å². The number of phenolic OH excluding ortho intramolecular Hbond substituents is 2. The van der Waals surface area contributed by atoms with Gasteiger partial charge in [0.05, 0.1) is 18.3 Å². The molecule has 3 heterocycles. The van der Waals surface area contributed by atoms with Crippen LogP contribution in [0.4, 0.5) is 0 Å². The Morgan fingerprint density at radius 1 is 0.732 bits per heavy atom. The largest absolute Gasteiger partial charge is 0.508 e. The van der Waals surface area contributed by atoms with Crippen LogP contribution in [-0.4, -0.2) is 114 Å². The van der Waals surface area contributed by atoms with Crippen molar-refractivity contribution in [3.05, 3.63) is 53.3 Å². The van der Waals surface area contributed by atoms with E-state index in [1.54, 1.807) is 12.1 Å². The molecule has 41 heavy (non-hydrogen) atoms. The van der Waals surface area contributed by atoms with Crippen LogP contribution in [0.2, 0.25) is 0 Å². The molecule has 0 aliphatic carbocycles. The molecule has 3 aliphatic rings. The zero-order valence-electron chi connectivity index (χ0n) is 21.7. The van der Waals surface area contributed by atoms with Gasteiger partial charge in [0, 0.05) is 17.7 Å². The summed E-state index contributed by atoms with van der Waals surface area (Å²) in [6.07, 6.45) is -14.4. The van der Waals surface area contributed by atoms with Crippen LogP contribution >= 0.6 is 0 Å². The molecule has 0 spiro atoms. The minimum Gasteiger partial charge on any atom is -0.508 e. The van der Waals surface area contributed by atoms with E-state index < -0.39 is 74.1 Å². The SMILES string of the molecule is CC1OC(OC2=Cc3c(cc(O)cc3OC3OC(CO)C(O)C(O)C3O)OC2c2ccc(O)cc2)C(O)C(O)C1O. The van der Waals surface area contributed by atoms with Crippen LogP contribution in [0, 0.1) is 0 Å². The van der Waals surface area contributed by atoms with Gasteiger partial charge in [-0.15, -0.1) is 0 Å². The predicted octanol–water partition coefficient (Wildman–Crippen LogP) is -1.40. The van der Waals surface area contributed by atoms with Gasteiger partial charge >= 0.3 is 0 Å². The average Bonchev–Trinajstić information content (AvgIpc) is 2.95. The Kier molecular flexibility index (Phi) is 8.29. The first-order valence-corrected chi connectivity index (χ1v) is 12.9. The van der Waals surface area contributed by atoms with Gasteiger partial charge in [-0.2, -0.15) is 0 Å². The first-order valence-electron chi connectivity index (χ1n) is 12.9. The van der Waals surface area contributed by atoms with Crippen molar-refractivity contribution >= 4 is 6.08 Å². The fourth-order valence-electron chi connectivity index (χ4n) is 4.84. The predicted molar refractivity (Wildman–Crippen MR) is 135 cm³/mol. The Balaban J connectivity index is 1.52. The molecule has 0 bridgehead atoms. The highest BCUT2D eigenvalue weighted by Gasteiger charge is 2.46. The highest BCUT2D eigenvalue weighted by molar-refractivity contribution is 5.70. The zero-order valence-corrected chi connectivity index (χ0v) is 21.7. The Morgan fingerprint density at radius 3 is 2.02 bits per heavy atom. The van der Waals surface area contributed by atoms with Crippen LogP contribution in [0.25, 0.3) is 6.08 Å². The number of aliphatic hydroxyl groups is 7. The third-order valence-corrected chi connectivity index (χ3v) is 7.23.